The summed E-state index contributed by atoms with van der Waals surface area (Å²) < 4.78 is 5.63. The minimum Gasteiger partial charge on any atom is -0.492 e. The molecule has 0 radical (unpaired) electrons. The molecule has 1 heterocycles. The number of anilines is 1. The molecule has 2 rings (SSSR count). The fourth-order valence-corrected chi connectivity index (χ4v) is 2.50. The number of benzene rings is 1. The van der Waals surface area contributed by atoms with E-state index in [0.29, 0.717) is 18.9 Å². The largest absolute Gasteiger partial charge is 0.492 e. The SMILES string of the molecule is CN(C)CCOc1ccc(NC(=O)CCC2CCNC2)cc1.Cl.Cl. The molecule has 1 aliphatic rings. The molecule has 1 amide bonds. The zero-order valence-corrected chi connectivity index (χ0v) is 16.0. The van der Waals surface area contributed by atoms with Crippen LogP contribution >= 0.6 is 24.8 Å². The molecule has 1 aliphatic heterocycles. The molecule has 1 unspecified atom stereocenters. The number of likely N-dealkylation sites (N-methyl/N-ethyl adjacent to an activating group) is 1. The number of hydrogen-bond acceptors (Lipinski definition) is 4. The zero-order chi connectivity index (χ0) is 15.8. The van der Waals surface area contributed by atoms with Crippen LogP contribution in [0, 0.1) is 5.92 Å². The summed E-state index contributed by atoms with van der Waals surface area (Å²) in [5.74, 6) is 1.57. The summed E-state index contributed by atoms with van der Waals surface area (Å²) in [6.07, 6.45) is 2.74. The Kier molecular flexibility index (Phi) is 11.8. The third-order valence-electron chi connectivity index (χ3n) is 3.89. The minimum atomic E-state index is 0. The van der Waals surface area contributed by atoms with E-state index in [1.165, 1.54) is 6.42 Å². The molecule has 5 nitrogen and oxygen atoms in total. The van der Waals surface area contributed by atoms with Crippen LogP contribution in [0.4, 0.5) is 5.69 Å². The van der Waals surface area contributed by atoms with Gasteiger partial charge in [-0.15, -0.1) is 24.8 Å². The van der Waals surface area contributed by atoms with Gasteiger partial charge < -0.3 is 20.3 Å². The number of amides is 1. The first kappa shape index (κ1) is 23.0. The number of halogens is 2. The molecule has 1 atom stereocenters. The molecule has 0 saturated carbocycles. The molecule has 138 valence electrons. The Morgan fingerprint density at radius 2 is 2.00 bits per heavy atom. The predicted molar refractivity (Wildman–Crippen MR) is 104 cm³/mol. The standard InChI is InChI=1S/C17H27N3O2.2ClH/c1-20(2)11-12-22-16-6-4-15(5-7-16)19-17(21)8-3-14-9-10-18-13-14;;/h4-7,14,18H,3,8-13H2,1-2H3,(H,19,21);2*1H. The van der Waals surface area contributed by atoms with Crippen LogP contribution in [-0.2, 0) is 4.79 Å². The normalized spacial score (nSPS) is 16.2. The predicted octanol–water partition coefficient (Wildman–Crippen LogP) is 2.80. The van der Waals surface area contributed by atoms with Crippen LogP contribution in [0.2, 0.25) is 0 Å². The third kappa shape index (κ3) is 8.73. The first-order valence-corrected chi connectivity index (χ1v) is 8.01. The van der Waals surface area contributed by atoms with Crippen LogP contribution in [0.3, 0.4) is 0 Å². The van der Waals surface area contributed by atoms with Crippen molar-refractivity contribution in [2.24, 2.45) is 5.92 Å². The van der Waals surface area contributed by atoms with Crippen molar-refractivity contribution in [2.45, 2.75) is 19.3 Å². The zero-order valence-electron chi connectivity index (χ0n) is 14.4. The van der Waals surface area contributed by atoms with Crippen molar-refractivity contribution < 1.29 is 9.53 Å². The van der Waals surface area contributed by atoms with Gasteiger partial charge in [-0.25, -0.2) is 0 Å². The number of nitrogens with zero attached hydrogens (tertiary/aromatic N) is 1. The van der Waals surface area contributed by atoms with Crippen molar-refractivity contribution in [3.05, 3.63) is 24.3 Å². The molecule has 0 aromatic heterocycles. The second kappa shape index (κ2) is 12.4. The second-order valence-corrected chi connectivity index (χ2v) is 6.12. The summed E-state index contributed by atoms with van der Waals surface area (Å²) in [7, 11) is 4.03. The molecule has 0 aliphatic carbocycles. The fraction of sp³-hybridized carbons (Fsp3) is 0.588. The summed E-state index contributed by atoms with van der Waals surface area (Å²) in [4.78, 5) is 14.0. The number of rotatable bonds is 8. The Morgan fingerprint density at radius 1 is 1.29 bits per heavy atom. The maximum absolute atomic E-state index is 11.9. The molecule has 1 aromatic rings. The summed E-state index contributed by atoms with van der Waals surface area (Å²) in [5.41, 5.74) is 0.828. The number of carbonyl (C=O) groups is 1. The van der Waals surface area contributed by atoms with E-state index < -0.39 is 0 Å². The highest BCUT2D eigenvalue weighted by molar-refractivity contribution is 5.90. The summed E-state index contributed by atoms with van der Waals surface area (Å²) in [6.45, 7) is 3.68. The molecule has 0 spiro atoms. The molecular weight excluding hydrogens is 349 g/mol. The first-order valence-electron chi connectivity index (χ1n) is 8.01. The van der Waals surface area contributed by atoms with Gasteiger partial charge in [-0.1, -0.05) is 0 Å². The Hall–Kier alpha value is -1.01. The Bertz CT molecular complexity index is 463. The minimum absolute atomic E-state index is 0. The van der Waals surface area contributed by atoms with Crippen LogP contribution < -0.4 is 15.4 Å². The quantitative estimate of drug-likeness (QED) is 0.731. The van der Waals surface area contributed by atoms with E-state index in [0.717, 1.165) is 37.5 Å². The molecule has 1 aromatic carbocycles. The lowest BCUT2D eigenvalue weighted by Crippen LogP contribution is -2.19. The van der Waals surface area contributed by atoms with E-state index in [1.54, 1.807) is 0 Å². The van der Waals surface area contributed by atoms with Gasteiger partial charge >= 0.3 is 0 Å². The van der Waals surface area contributed by atoms with Crippen molar-refractivity contribution in [3.63, 3.8) is 0 Å². The maximum atomic E-state index is 11.9. The van der Waals surface area contributed by atoms with Crippen molar-refractivity contribution in [1.29, 1.82) is 0 Å². The second-order valence-electron chi connectivity index (χ2n) is 6.12. The summed E-state index contributed by atoms with van der Waals surface area (Å²) in [5, 5.41) is 6.27. The lowest BCUT2D eigenvalue weighted by molar-refractivity contribution is -0.116. The van der Waals surface area contributed by atoms with Gasteiger partial charge in [-0.3, -0.25) is 4.79 Å². The Balaban J connectivity index is 0.00000264. The average Bonchev–Trinajstić information content (AvgIpc) is 3.00. The van der Waals surface area contributed by atoms with Crippen LogP contribution in [0.5, 0.6) is 5.75 Å². The number of hydrogen-bond donors (Lipinski definition) is 2. The number of carbonyl (C=O) groups excluding carboxylic acids is 1. The van der Waals surface area contributed by atoms with Gasteiger partial charge in [0.05, 0.1) is 0 Å². The van der Waals surface area contributed by atoms with Crippen LogP contribution in [0.15, 0.2) is 24.3 Å². The average molecular weight is 378 g/mol. The van der Waals surface area contributed by atoms with Crippen molar-refractivity contribution in [2.75, 3.05) is 45.7 Å². The van der Waals surface area contributed by atoms with Gasteiger partial charge in [-0.05, 0) is 70.2 Å². The molecule has 1 fully saturated rings. The molecule has 7 heteroatoms. The van der Waals surface area contributed by atoms with Crippen LogP contribution in [-0.4, -0.2) is 51.1 Å². The van der Waals surface area contributed by atoms with Gasteiger partial charge in [0.1, 0.15) is 12.4 Å². The van der Waals surface area contributed by atoms with Crippen LogP contribution in [0.1, 0.15) is 19.3 Å². The summed E-state index contributed by atoms with van der Waals surface area (Å²) in [6, 6.07) is 7.57. The molecule has 2 N–H and O–H groups in total. The van der Waals surface area contributed by atoms with Gasteiger partial charge in [-0.2, -0.15) is 0 Å². The van der Waals surface area contributed by atoms with E-state index in [-0.39, 0.29) is 30.7 Å². The van der Waals surface area contributed by atoms with Gasteiger partial charge in [0.15, 0.2) is 0 Å². The topological polar surface area (TPSA) is 53.6 Å². The van der Waals surface area contributed by atoms with Gasteiger partial charge in [0, 0.05) is 18.7 Å². The first-order chi connectivity index (χ1) is 10.6. The lowest BCUT2D eigenvalue weighted by Gasteiger charge is -2.12. The van der Waals surface area contributed by atoms with E-state index in [4.69, 9.17) is 4.74 Å². The van der Waals surface area contributed by atoms with Crippen molar-refractivity contribution in [1.82, 2.24) is 10.2 Å². The maximum Gasteiger partial charge on any atom is 0.224 e. The Labute approximate surface area is 157 Å². The van der Waals surface area contributed by atoms with E-state index >= 15 is 0 Å². The number of nitrogens with one attached hydrogen (secondary N) is 2. The van der Waals surface area contributed by atoms with Gasteiger partial charge in [0.2, 0.25) is 5.91 Å². The molecule has 0 bridgehead atoms. The third-order valence-corrected chi connectivity index (χ3v) is 3.89. The molecule has 1 saturated heterocycles. The highest BCUT2D eigenvalue weighted by atomic mass is 35.5. The van der Waals surface area contributed by atoms with E-state index in [1.807, 2.05) is 38.4 Å². The highest BCUT2D eigenvalue weighted by Crippen LogP contribution is 2.18. The molecular formula is C17H29Cl2N3O2. The van der Waals surface area contributed by atoms with Crippen LogP contribution in [0.25, 0.3) is 0 Å². The molecule has 24 heavy (non-hydrogen) atoms. The smallest absolute Gasteiger partial charge is 0.224 e. The van der Waals surface area contributed by atoms with E-state index in [9.17, 15) is 4.79 Å². The number of ether oxygens (including phenoxy) is 1. The fourth-order valence-electron chi connectivity index (χ4n) is 2.50. The Morgan fingerprint density at radius 3 is 2.58 bits per heavy atom. The van der Waals surface area contributed by atoms with Crippen molar-refractivity contribution in [3.8, 4) is 5.75 Å². The monoisotopic (exact) mass is 377 g/mol. The van der Waals surface area contributed by atoms with Gasteiger partial charge in [0.25, 0.3) is 0 Å². The lowest BCUT2D eigenvalue weighted by atomic mass is 10.0. The van der Waals surface area contributed by atoms with Crippen molar-refractivity contribution >= 4 is 36.4 Å². The summed E-state index contributed by atoms with van der Waals surface area (Å²) >= 11 is 0. The van der Waals surface area contributed by atoms with E-state index in [2.05, 4.69) is 15.5 Å². The highest BCUT2D eigenvalue weighted by Gasteiger charge is 2.15.